The number of ether oxygens (including phenoxy) is 2. The number of benzene rings is 2. The molecule has 0 unspecified atom stereocenters. The molecule has 2 nitrogen and oxygen atoms in total. The molecule has 1 aliphatic rings. The number of aryl methyl sites for hydroxylation is 1. The summed E-state index contributed by atoms with van der Waals surface area (Å²) in [6.45, 7) is 2.61. The van der Waals surface area contributed by atoms with Gasteiger partial charge in [-0.1, -0.05) is 69.5 Å². The highest BCUT2D eigenvalue weighted by atomic mass is 79.9. The van der Waals surface area contributed by atoms with Gasteiger partial charge in [-0.2, -0.15) is 0 Å². The van der Waals surface area contributed by atoms with Crippen molar-refractivity contribution in [3.8, 4) is 0 Å². The number of rotatable bonds is 3. The zero-order chi connectivity index (χ0) is 14.9. The Morgan fingerprint density at radius 1 is 1.14 bits per heavy atom. The molecule has 0 saturated carbocycles. The van der Waals surface area contributed by atoms with E-state index in [2.05, 4.69) is 47.1 Å². The van der Waals surface area contributed by atoms with Crippen LogP contribution in [0.1, 0.15) is 22.8 Å². The summed E-state index contributed by atoms with van der Waals surface area (Å²) in [6, 6.07) is 16.0. The molecule has 0 spiro atoms. The van der Waals surface area contributed by atoms with Gasteiger partial charge < -0.3 is 9.47 Å². The number of hydrogen-bond acceptors (Lipinski definition) is 2. The normalized spacial score (nSPS) is 25.2. The van der Waals surface area contributed by atoms with Crippen LogP contribution >= 0.6 is 27.5 Å². The predicted molar refractivity (Wildman–Crippen MR) is 87.9 cm³/mol. The third-order valence-electron chi connectivity index (χ3n) is 3.71. The molecule has 1 heterocycles. The summed E-state index contributed by atoms with van der Waals surface area (Å²) >= 11 is 9.47. The van der Waals surface area contributed by atoms with Gasteiger partial charge in [-0.15, -0.1) is 0 Å². The predicted octanol–water partition coefficient (Wildman–Crippen LogP) is 4.98. The minimum atomic E-state index is -0.750. The average molecular weight is 368 g/mol. The zero-order valence-corrected chi connectivity index (χ0v) is 14.0. The van der Waals surface area contributed by atoms with E-state index in [1.165, 1.54) is 5.56 Å². The minimum Gasteiger partial charge on any atom is -0.342 e. The topological polar surface area (TPSA) is 18.5 Å². The van der Waals surface area contributed by atoms with Crippen LogP contribution < -0.4 is 0 Å². The molecular formula is C17H16BrClO2. The van der Waals surface area contributed by atoms with Gasteiger partial charge in [-0.25, -0.2) is 0 Å². The van der Waals surface area contributed by atoms with Crippen LogP contribution in [0.2, 0.25) is 5.02 Å². The second-order valence-electron chi connectivity index (χ2n) is 5.22. The van der Waals surface area contributed by atoms with Gasteiger partial charge in [0.1, 0.15) is 6.10 Å². The van der Waals surface area contributed by atoms with Crippen molar-refractivity contribution in [2.45, 2.75) is 18.8 Å². The van der Waals surface area contributed by atoms with Crippen molar-refractivity contribution in [2.24, 2.45) is 0 Å². The highest BCUT2D eigenvalue weighted by molar-refractivity contribution is 9.09. The molecule has 0 aliphatic carbocycles. The molecule has 21 heavy (non-hydrogen) atoms. The van der Waals surface area contributed by atoms with Crippen molar-refractivity contribution in [3.05, 3.63) is 70.2 Å². The minimum absolute atomic E-state index is 0.0566. The molecule has 0 bridgehead atoms. The maximum Gasteiger partial charge on any atom is 0.205 e. The van der Waals surface area contributed by atoms with E-state index >= 15 is 0 Å². The summed E-state index contributed by atoms with van der Waals surface area (Å²) in [5.41, 5.74) is 3.35. The van der Waals surface area contributed by atoms with Gasteiger partial charge in [0.25, 0.3) is 0 Å². The maximum atomic E-state index is 6.24. The molecule has 1 saturated heterocycles. The van der Waals surface area contributed by atoms with Gasteiger partial charge >= 0.3 is 0 Å². The van der Waals surface area contributed by atoms with E-state index in [0.29, 0.717) is 17.0 Å². The third kappa shape index (κ3) is 3.02. The first-order valence-corrected chi connectivity index (χ1v) is 8.33. The third-order valence-corrected chi connectivity index (χ3v) is 4.70. The van der Waals surface area contributed by atoms with Crippen LogP contribution in [-0.4, -0.2) is 11.9 Å². The SMILES string of the molecule is Cc1ccc([C@H]2CO[C@@](CBr)(c3ccc(Cl)cc3)O2)cc1. The number of halogens is 2. The lowest BCUT2D eigenvalue weighted by molar-refractivity contribution is -0.157. The molecule has 3 rings (SSSR count). The summed E-state index contributed by atoms with van der Waals surface area (Å²) in [5.74, 6) is -0.750. The first-order chi connectivity index (χ1) is 10.1. The van der Waals surface area contributed by atoms with Crippen molar-refractivity contribution in [1.82, 2.24) is 0 Å². The van der Waals surface area contributed by atoms with Gasteiger partial charge in [-0.3, -0.25) is 0 Å². The van der Waals surface area contributed by atoms with E-state index in [4.69, 9.17) is 21.1 Å². The molecule has 0 radical (unpaired) electrons. The highest BCUT2D eigenvalue weighted by Crippen LogP contribution is 2.41. The molecule has 1 fully saturated rings. The fraction of sp³-hybridized carbons (Fsp3) is 0.294. The van der Waals surface area contributed by atoms with E-state index in [9.17, 15) is 0 Å². The maximum absolute atomic E-state index is 6.24. The van der Waals surface area contributed by atoms with E-state index in [1.54, 1.807) is 0 Å². The lowest BCUT2D eigenvalue weighted by Gasteiger charge is -2.26. The molecule has 2 aromatic rings. The smallest absolute Gasteiger partial charge is 0.205 e. The van der Waals surface area contributed by atoms with Crippen LogP contribution in [0.4, 0.5) is 0 Å². The van der Waals surface area contributed by atoms with Gasteiger partial charge in [0, 0.05) is 10.6 Å². The van der Waals surface area contributed by atoms with Gasteiger partial charge in [0.15, 0.2) is 0 Å². The Labute approximate surface area is 138 Å². The molecule has 2 atom stereocenters. The number of hydrogen-bond donors (Lipinski definition) is 0. The summed E-state index contributed by atoms with van der Waals surface area (Å²) in [7, 11) is 0. The quantitative estimate of drug-likeness (QED) is 0.712. The zero-order valence-electron chi connectivity index (χ0n) is 11.7. The van der Waals surface area contributed by atoms with Crippen LogP contribution in [0, 0.1) is 6.92 Å². The van der Waals surface area contributed by atoms with Crippen molar-refractivity contribution in [2.75, 3.05) is 11.9 Å². The van der Waals surface area contributed by atoms with Gasteiger partial charge in [0.2, 0.25) is 5.79 Å². The molecule has 110 valence electrons. The van der Waals surface area contributed by atoms with E-state index in [1.807, 2.05) is 24.3 Å². The van der Waals surface area contributed by atoms with Crippen LogP contribution in [0.25, 0.3) is 0 Å². The van der Waals surface area contributed by atoms with E-state index in [0.717, 1.165) is 11.1 Å². The standard InChI is InChI=1S/C17H16BrClO2/c1-12-2-4-13(5-3-12)16-10-20-17(11-18,21-16)14-6-8-15(19)9-7-14/h2-9,16H,10-11H2,1H3/t16-,17-/m1/s1. The Balaban J connectivity index is 1.85. The Hall–Kier alpha value is -0.870. The van der Waals surface area contributed by atoms with Crippen LogP contribution in [0.3, 0.4) is 0 Å². The van der Waals surface area contributed by atoms with Crippen LogP contribution in [0.5, 0.6) is 0 Å². The Morgan fingerprint density at radius 2 is 1.81 bits per heavy atom. The van der Waals surface area contributed by atoms with Gasteiger partial charge in [-0.05, 0) is 24.6 Å². The molecule has 0 aromatic heterocycles. The Bertz CT molecular complexity index is 612. The summed E-state index contributed by atoms with van der Waals surface area (Å²) in [4.78, 5) is 0. The molecular weight excluding hydrogens is 352 g/mol. The van der Waals surface area contributed by atoms with Crippen molar-refractivity contribution >= 4 is 27.5 Å². The van der Waals surface area contributed by atoms with Crippen molar-refractivity contribution < 1.29 is 9.47 Å². The van der Waals surface area contributed by atoms with Crippen LogP contribution in [0.15, 0.2) is 48.5 Å². The molecule has 0 N–H and O–H groups in total. The highest BCUT2D eigenvalue weighted by Gasteiger charge is 2.42. The lowest BCUT2D eigenvalue weighted by Crippen LogP contribution is -2.29. The first-order valence-electron chi connectivity index (χ1n) is 6.83. The second kappa shape index (κ2) is 6.09. The van der Waals surface area contributed by atoms with E-state index < -0.39 is 5.79 Å². The lowest BCUT2D eigenvalue weighted by atomic mass is 10.1. The monoisotopic (exact) mass is 366 g/mol. The Morgan fingerprint density at radius 3 is 2.43 bits per heavy atom. The summed E-state index contributed by atoms with van der Waals surface area (Å²) < 4.78 is 12.2. The Kier molecular flexibility index (Phi) is 4.36. The first kappa shape index (κ1) is 15.0. The molecule has 2 aromatic carbocycles. The summed E-state index contributed by atoms with van der Waals surface area (Å²) in [6.07, 6.45) is -0.0566. The average Bonchev–Trinajstić information content (AvgIpc) is 2.94. The molecule has 1 aliphatic heterocycles. The van der Waals surface area contributed by atoms with Crippen molar-refractivity contribution in [3.63, 3.8) is 0 Å². The molecule has 4 heteroatoms. The summed E-state index contributed by atoms with van der Waals surface area (Å²) in [5, 5.41) is 1.28. The fourth-order valence-electron chi connectivity index (χ4n) is 2.46. The fourth-order valence-corrected chi connectivity index (χ4v) is 3.20. The van der Waals surface area contributed by atoms with Crippen molar-refractivity contribution in [1.29, 1.82) is 0 Å². The largest absolute Gasteiger partial charge is 0.342 e. The van der Waals surface area contributed by atoms with Gasteiger partial charge in [0.05, 0.1) is 11.9 Å². The number of alkyl halides is 1. The van der Waals surface area contributed by atoms with Crippen LogP contribution in [-0.2, 0) is 15.3 Å². The molecule has 0 amide bonds. The van der Waals surface area contributed by atoms with E-state index in [-0.39, 0.29) is 6.10 Å². The second-order valence-corrected chi connectivity index (χ2v) is 6.22.